The van der Waals surface area contributed by atoms with Crippen molar-refractivity contribution in [2.24, 2.45) is 11.3 Å². The average Bonchev–Trinajstić information content (AvgIpc) is 2.96. The smallest absolute Gasteiger partial charge is 0.344 e. The largest absolute Gasteiger partial charge is 0.478 e. The maximum absolute atomic E-state index is 12.6. The van der Waals surface area contributed by atoms with Crippen molar-refractivity contribution < 1.29 is 13.9 Å². The van der Waals surface area contributed by atoms with Gasteiger partial charge in [-0.3, -0.25) is 0 Å². The van der Waals surface area contributed by atoms with E-state index in [1.54, 1.807) is 24.0 Å². The fourth-order valence-corrected chi connectivity index (χ4v) is 5.89. The molecule has 1 unspecified atom stereocenters. The highest BCUT2D eigenvalue weighted by Crippen LogP contribution is 2.33. The fraction of sp³-hybridized carbons (Fsp3) is 0.622. The summed E-state index contributed by atoms with van der Waals surface area (Å²) in [5.74, 6) is 1.06. The number of hydrogen-bond acceptors (Lipinski definition) is 6. The van der Waals surface area contributed by atoms with E-state index in [1.165, 1.54) is 51.4 Å². The molecule has 0 amide bonds. The van der Waals surface area contributed by atoms with Gasteiger partial charge in [-0.25, -0.2) is 9.78 Å². The lowest BCUT2D eigenvalue weighted by atomic mass is 9.78. The van der Waals surface area contributed by atoms with Crippen LogP contribution in [0.1, 0.15) is 112 Å². The normalized spacial score (nSPS) is 13.0. The van der Waals surface area contributed by atoms with Gasteiger partial charge in [-0.2, -0.15) is 0 Å². The van der Waals surface area contributed by atoms with Crippen molar-refractivity contribution in [3.05, 3.63) is 53.0 Å². The maximum Gasteiger partial charge on any atom is 0.344 e. The number of nitrogens with zero attached hydrogens (tertiary/aromatic N) is 1. The number of fused-ring (bicyclic) bond motifs is 1. The summed E-state index contributed by atoms with van der Waals surface area (Å²) in [4.78, 5) is 18.2. The minimum atomic E-state index is -0.351. The van der Waals surface area contributed by atoms with Gasteiger partial charge in [0, 0.05) is 29.2 Å². The Balaban J connectivity index is 1.23. The molecule has 0 aliphatic carbocycles. The first kappa shape index (κ1) is 35.2. The third-order valence-corrected chi connectivity index (χ3v) is 9.10. The fourth-order valence-electron chi connectivity index (χ4n) is 5.48. The average molecular weight is 610 g/mol. The molecule has 1 atom stereocenters. The van der Waals surface area contributed by atoms with Crippen LogP contribution in [-0.4, -0.2) is 30.1 Å². The van der Waals surface area contributed by atoms with Crippen LogP contribution < -0.4 is 10.4 Å². The van der Waals surface area contributed by atoms with Crippen molar-refractivity contribution >= 4 is 22.7 Å². The Kier molecular flexibility index (Phi) is 14.1. The van der Waals surface area contributed by atoms with E-state index in [0.717, 1.165) is 41.7 Å². The van der Waals surface area contributed by atoms with Gasteiger partial charge in [-0.15, -0.1) is 11.8 Å². The zero-order chi connectivity index (χ0) is 31.3. The molecule has 5 nitrogen and oxygen atoms in total. The summed E-state index contributed by atoms with van der Waals surface area (Å²) >= 11 is 1.67. The third-order valence-electron chi connectivity index (χ3n) is 8.36. The van der Waals surface area contributed by atoms with Crippen LogP contribution in [0.25, 0.3) is 22.1 Å². The maximum atomic E-state index is 12.6. The molecule has 0 radical (unpaired) electrons. The van der Waals surface area contributed by atoms with Crippen LogP contribution in [0.5, 0.6) is 5.88 Å². The van der Waals surface area contributed by atoms with Gasteiger partial charge in [-0.1, -0.05) is 91.2 Å². The Morgan fingerprint density at radius 3 is 2.00 bits per heavy atom. The van der Waals surface area contributed by atoms with Crippen molar-refractivity contribution in [3.63, 3.8) is 0 Å². The first-order valence-electron chi connectivity index (χ1n) is 16.3. The van der Waals surface area contributed by atoms with Gasteiger partial charge in [-0.05, 0) is 74.5 Å². The second-order valence-electron chi connectivity index (χ2n) is 13.7. The molecule has 0 bridgehead atoms. The number of aromatic nitrogens is 1. The Labute approximate surface area is 264 Å². The number of hydrogen-bond donors (Lipinski definition) is 0. The quantitative estimate of drug-likeness (QED) is 0.0995. The van der Waals surface area contributed by atoms with Gasteiger partial charge in [0.25, 0.3) is 0 Å². The van der Waals surface area contributed by atoms with Crippen molar-refractivity contribution in [3.8, 4) is 17.0 Å². The van der Waals surface area contributed by atoms with Crippen LogP contribution in [-0.2, 0) is 4.74 Å². The molecule has 6 heteroatoms. The lowest BCUT2D eigenvalue weighted by molar-refractivity contribution is -0.0659. The molecule has 43 heavy (non-hydrogen) atoms. The molecule has 1 aromatic carbocycles. The van der Waals surface area contributed by atoms with Crippen molar-refractivity contribution in [1.82, 2.24) is 4.98 Å². The SMILES string of the molecule is CSc1ccc(-c2cc3cnc(OCCCCCCCCCCCCOC(C)(C)C(C)CC(C)(C)C)cc3oc2=O)cc1. The van der Waals surface area contributed by atoms with E-state index in [2.05, 4.69) is 46.5 Å². The Morgan fingerprint density at radius 1 is 0.837 bits per heavy atom. The Morgan fingerprint density at radius 2 is 1.42 bits per heavy atom. The third kappa shape index (κ3) is 12.3. The summed E-state index contributed by atoms with van der Waals surface area (Å²) < 4.78 is 17.7. The van der Waals surface area contributed by atoms with E-state index in [1.807, 2.05) is 36.6 Å². The number of unbranched alkanes of at least 4 members (excludes halogenated alkanes) is 9. The molecule has 3 aromatic rings. The molecule has 0 saturated heterocycles. The highest BCUT2D eigenvalue weighted by Gasteiger charge is 2.29. The zero-order valence-corrected chi connectivity index (χ0v) is 28.6. The number of pyridine rings is 1. The summed E-state index contributed by atoms with van der Waals surface area (Å²) in [7, 11) is 0. The Bertz CT molecular complexity index is 1290. The van der Waals surface area contributed by atoms with E-state index in [4.69, 9.17) is 13.9 Å². The van der Waals surface area contributed by atoms with Gasteiger partial charge in [0.1, 0.15) is 5.58 Å². The first-order valence-corrected chi connectivity index (χ1v) is 17.6. The van der Waals surface area contributed by atoms with Crippen LogP contribution in [0.2, 0.25) is 0 Å². The number of rotatable bonds is 19. The molecule has 2 heterocycles. The van der Waals surface area contributed by atoms with Crippen LogP contribution in [0.15, 0.2) is 56.7 Å². The lowest BCUT2D eigenvalue weighted by Gasteiger charge is -2.36. The predicted octanol–water partition coefficient (Wildman–Crippen LogP) is 10.7. The molecule has 238 valence electrons. The van der Waals surface area contributed by atoms with Gasteiger partial charge >= 0.3 is 5.63 Å². The highest BCUT2D eigenvalue weighted by molar-refractivity contribution is 7.98. The van der Waals surface area contributed by atoms with Crippen molar-refractivity contribution in [2.75, 3.05) is 19.5 Å². The van der Waals surface area contributed by atoms with Crippen molar-refractivity contribution in [2.45, 2.75) is 123 Å². The molecule has 0 fully saturated rings. The zero-order valence-electron chi connectivity index (χ0n) is 27.8. The molecule has 3 rings (SSSR count). The summed E-state index contributed by atoms with van der Waals surface area (Å²) in [6.07, 6.45) is 17.3. The number of ether oxygens (including phenoxy) is 2. The topological polar surface area (TPSA) is 61.6 Å². The van der Waals surface area contributed by atoms with E-state index in [0.29, 0.717) is 35.0 Å². The molecule has 0 spiro atoms. The van der Waals surface area contributed by atoms with Gasteiger partial charge in [0.05, 0.1) is 17.8 Å². The van der Waals surface area contributed by atoms with E-state index in [9.17, 15) is 4.79 Å². The molecule has 2 aromatic heterocycles. The molecular weight excluding hydrogens is 554 g/mol. The molecule has 0 aliphatic heterocycles. The van der Waals surface area contributed by atoms with Crippen LogP contribution in [0, 0.1) is 11.3 Å². The van der Waals surface area contributed by atoms with Crippen molar-refractivity contribution in [1.29, 1.82) is 0 Å². The van der Waals surface area contributed by atoms with Crippen LogP contribution in [0.4, 0.5) is 0 Å². The number of thioether (sulfide) groups is 1. The molecular formula is C37H55NO4S. The highest BCUT2D eigenvalue weighted by atomic mass is 32.2. The monoisotopic (exact) mass is 609 g/mol. The van der Waals surface area contributed by atoms with Gasteiger partial charge in [0.15, 0.2) is 0 Å². The van der Waals surface area contributed by atoms with E-state index in [-0.39, 0.29) is 11.2 Å². The molecule has 0 N–H and O–H groups in total. The first-order chi connectivity index (χ1) is 20.5. The predicted molar refractivity (Wildman–Crippen MR) is 182 cm³/mol. The minimum absolute atomic E-state index is 0.0480. The summed E-state index contributed by atoms with van der Waals surface area (Å²) in [5.41, 5.74) is 1.83. The number of benzene rings is 1. The summed E-state index contributed by atoms with van der Waals surface area (Å²) in [6, 6.07) is 11.5. The van der Waals surface area contributed by atoms with Gasteiger partial charge < -0.3 is 13.9 Å². The summed E-state index contributed by atoms with van der Waals surface area (Å²) in [5, 5.41) is 0.786. The second kappa shape index (κ2) is 17.2. The molecule has 0 aliphatic rings. The molecule has 0 saturated carbocycles. The van der Waals surface area contributed by atoms with E-state index >= 15 is 0 Å². The van der Waals surface area contributed by atoms with Gasteiger partial charge in [0.2, 0.25) is 5.88 Å². The summed E-state index contributed by atoms with van der Waals surface area (Å²) in [6.45, 7) is 15.2. The second-order valence-corrected chi connectivity index (χ2v) is 14.6. The van der Waals surface area contributed by atoms with E-state index < -0.39 is 0 Å². The van der Waals surface area contributed by atoms with Crippen LogP contribution in [0.3, 0.4) is 0 Å². The lowest BCUT2D eigenvalue weighted by Crippen LogP contribution is -2.35. The standard InChI is InChI=1S/C37H55NO4S/c1-28(26-36(2,3)4)37(5,6)41-23-17-15-13-11-9-8-10-12-14-16-22-40-34-25-33-30(27-38-34)24-32(35(39)42-33)29-18-20-31(43-7)21-19-29/h18-21,24-25,27-28H,8-17,22-23,26H2,1-7H3. The minimum Gasteiger partial charge on any atom is -0.478 e. The van der Waals surface area contributed by atoms with Crippen LogP contribution >= 0.6 is 11.8 Å². The Hall–Kier alpha value is -2.31.